The van der Waals surface area contributed by atoms with E-state index in [0.29, 0.717) is 24.5 Å². The Morgan fingerprint density at radius 1 is 1.31 bits per heavy atom. The molecule has 4 nitrogen and oxygen atoms in total. The van der Waals surface area contributed by atoms with Crippen LogP contribution in [0.25, 0.3) is 0 Å². The molecule has 0 aromatic heterocycles. The molecule has 1 aromatic carbocycles. The van der Waals surface area contributed by atoms with Gasteiger partial charge < -0.3 is 14.2 Å². The van der Waals surface area contributed by atoms with Crippen LogP contribution in [0.2, 0.25) is 0 Å². The second-order valence-corrected chi connectivity index (χ2v) is 3.16. The monoisotopic (exact) mass is 224 g/mol. The summed E-state index contributed by atoms with van der Waals surface area (Å²) in [6.07, 6.45) is 0. The summed E-state index contributed by atoms with van der Waals surface area (Å²) >= 11 is 0. The van der Waals surface area contributed by atoms with Gasteiger partial charge in [0.2, 0.25) is 0 Å². The van der Waals surface area contributed by atoms with E-state index >= 15 is 0 Å². The Bertz CT molecular complexity index is 360. The molecule has 0 heterocycles. The molecule has 1 rings (SSSR count). The first-order valence-electron chi connectivity index (χ1n) is 5.05. The number of carbonyl (C=O) groups excluding carboxylic acids is 1. The zero-order valence-corrected chi connectivity index (χ0v) is 9.78. The van der Waals surface area contributed by atoms with Crippen LogP contribution in [0.15, 0.2) is 18.2 Å². The van der Waals surface area contributed by atoms with Crippen LogP contribution in [0.4, 0.5) is 0 Å². The van der Waals surface area contributed by atoms with E-state index in [1.165, 1.54) is 14.2 Å². The van der Waals surface area contributed by atoms with Crippen LogP contribution in [-0.2, 0) is 16.1 Å². The van der Waals surface area contributed by atoms with Gasteiger partial charge in [-0.25, -0.2) is 4.79 Å². The molecule has 88 valence electrons. The molecule has 4 heteroatoms. The molecule has 0 radical (unpaired) electrons. The lowest BCUT2D eigenvalue weighted by Gasteiger charge is -2.09. The Morgan fingerprint density at radius 2 is 2.06 bits per heavy atom. The zero-order chi connectivity index (χ0) is 12.0. The summed E-state index contributed by atoms with van der Waals surface area (Å²) in [6.45, 7) is 3.04. The van der Waals surface area contributed by atoms with E-state index < -0.39 is 5.97 Å². The molecule has 0 aliphatic heterocycles. The van der Waals surface area contributed by atoms with Crippen LogP contribution in [-0.4, -0.2) is 26.8 Å². The first-order valence-corrected chi connectivity index (χ1v) is 5.05. The summed E-state index contributed by atoms with van der Waals surface area (Å²) in [6, 6.07) is 5.32. The highest BCUT2D eigenvalue weighted by molar-refractivity contribution is 5.92. The number of ether oxygens (including phenoxy) is 3. The van der Waals surface area contributed by atoms with Crippen molar-refractivity contribution >= 4 is 5.97 Å². The Morgan fingerprint density at radius 3 is 2.62 bits per heavy atom. The normalized spacial score (nSPS) is 9.94. The largest absolute Gasteiger partial charge is 0.496 e. The molecule has 0 fully saturated rings. The van der Waals surface area contributed by atoms with E-state index in [2.05, 4.69) is 4.74 Å². The van der Waals surface area contributed by atoms with E-state index in [1.807, 2.05) is 13.0 Å². The maximum Gasteiger partial charge on any atom is 0.341 e. The van der Waals surface area contributed by atoms with Crippen molar-refractivity contribution < 1.29 is 19.0 Å². The van der Waals surface area contributed by atoms with Gasteiger partial charge in [-0.1, -0.05) is 6.07 Å². The van der Waals surface area contributed by atoms with Gasteiger partial charge in [-0.15, -0.1) is 0 Å². The molecule has 0 atom stereocenters. The Labute approximate surface area is 95.1 Å². The van der Waals surface area contributed by atoms with Gasteiger partial charge in [-0.3, -0.25) is 0 Å². The maximum absolute atomic E-state index is 11.5. The Balaban J connectivity index is 2.96. The smallest absolute Gasteiger partial charge is 0.341 e. The molecule has 16 heavy (non-hydrogen) atoms. The number of carbonyl (C=O) groups is 1. The third-order valence-electron chi connectivity index (χ3n) is 2.14. The standard InChI is InChI=1S/C12H16O4/c1-4-16-8-9-5-6-11(14-2)10(7-9)12(13)15-3/h5-7H,4,8H2,1-3H3. The van der Waals surface area contributed by atoms with Gasteiger partial charge in [0.15, 0.2) is 0 Å². The molecule has 0 unspecified atom stereocenters. The van der Waals surface area contributed by atoms with Gasteiger partial charge in [0.25, 0.3) is 0 Å². The van der Waals surface area contributed by atoms with E-state index in [-0.39, 0.29) is 0 Å². The predicted molar refractivity (Wildman–Crippen MR) is 59.7 cm³/mol. The molecule has 0 N–H and O–H groups in total. The van der Waals surface area contributed by atoms with Crippen molar-refractivity contribution in [1.82, 2.24) is 0 Å². The Kier molecular flexibility index (Phi) is 4.79. The van der Waals surface area contributed by atoms with E-state index in [1.54, 1.807) is 12.1 Å². The van der Waals surface area contributed by atoms with E-state index in [9.17, 15) is 4.79 Å². The topological polar surface area (TPSA) is 44.8 Å². The first-order chi connectivity index (χ1) is 7.72. The molecule has 0 bridgehead atoms. The van der Waals surface area contributed by atoms with Gasteiger partial charge >= 0.3 is 5.97 Å². The van der Waals surface area contributed by atoms with Crippen LogP contribution in [0.3, 0.4) is 0 Å². The van der Waals surface area contributed by atoms with Crippen LogP contribution in [0.1, 0.15) is 22.8 Å². The molecule has 0 saturated carbocycles. The maximum atomic E-state index is 11.5. The van der Waals surface area contributed by atoms with Crippen molar-refractivity contribution in [2.75, 3.05) is 20.8 Å². The fourth-order valence-electron chi connectivity index (χ4n) is 1.33. The minimum Gasteiger partial charge on any atom is -0.496 e. The van der Waals surface area contributed by atoms with Crippen LogP contribution < -0.4 is 4.74 Å². The third-order valence-corrected chi connectivity index (χ3v) is 2.14. The number of methoxy groups -OCH3 is 2. The highest BCUT2D eigenvalue weighted by Crippen LogP contribution is 2.21. The van der Waals surface area contributed by atoms with Gasteiger partial charge in [0, 0.05) is 6.61 Å². The Hall–Kier alpha value is -1.55. The average molecular weight is 224 g/mol. The lowest BCUT2D eigenvalue weighted by atomic mass is 10.1. The van der Waals surface area contributed by atoms with Crippen molar-refractivity contribution in [3.8, 4) is 5.75 Å². The van der Waals surface area contributed by atoms with E-state index in [4.69, 9.17) is 9.47 Å². The van der Waals surface area contributed by atoms with E-state index in [0.717, 1.165) is 5.56 Å². The number of esters is 1. The van der Waals surface area contributed by atoms with Crippen LogP contribution in [0, 0.1) is 0 Å². The second-order valence-electron chi connectivity index (χ2n) is 3.16. The molecule has 0 spiro atoms. The molecule has 0 saturated heterocycles. The highest BCUT2D eigenvalue weighted by Gasteiger charge is 2.13. The molecule has 1 aromatic rings. The summed E-state index contributed by atoms with van der Waals surface area (Å²) in [5, 5.41) is 0. The fourth-order valence-corrected chi connectivity index (χ4v) is 1.33. The fraction of sp³-hybridized carbons (Fsp3) is 0.417. The SMILES string of the molecule is CCOCc1ccc(OC)c(C(=O)OC)c1. The van der Waals surface area contributed by atoms with Crippen molar-refractivity contribution in [2.24, 2.45) is 0 Å². The lowest BCUT2D eigenvalue weighted by molar-refractivity contribution is 0.0596. The highest BCUT2D eigenvalue weighted by atomic mass is 16.5. The van der Waals surface area contributed by atoms with Crippen LogP contribution >= 0.6 is 0 Å². The molecular formula is C12H16O4. The summed E-state index contributed by atoms with van der Waals surface area (Å²) in [4.78, 5) is 11.5. The number of rotatable bonds is 5. The minimum absolute atomic E-state index is 0.407. The molecular weight excluding hydrogens is 208 g/mol. The summed E-state index contributed by atoms with van der Waals surface area (Å²) in [5.41, 5.74) is 1.34. The number of hydrogen-bond donors (Lipinski definition) is 0. The molecule has 0 amide bonds. The van der Waals surface area contributed by atoms with Gasteiger partial charge in [-0.05, 0) is 24.6 Å². The molecule has 0 aliphatic rings. The number of benzene rings is 1. The quantitative estimate of drug-likeness (QED) is 0.718. The van der Waals surface area contributed by atoms with Gasteiger partial charge in [0.1, 0.15) is 11.3 Å². The van der Waals surface area contributed by atoms with Crippen molar-refractivity contribution in [1.29, 1.82) is 0 Å². The van der Waals surface area contributed by atoms with Gasteiger partial charge in [0.05, 0.1) is 20.8 Å². The third kappa shape index (κ3) is 2.97. The molecule has 0 aliphatic carbocycles. The number of hydrogen-bond acceptors (Lipinski definition) is 4. The van der Waals surface area contributed by atoms with Crippen LogP contribution in [0.5, 0.6) is 5.75 Å². The summed E-state index contributed by atoms with van der Waals surface area (Å²) in [7, 11) is 2.86. The average Bonchev–Trinajstić information content (AvgIpc) is 2.35. The van der Waals surface area contributed by atoms with Crippen molar-refractivity contribution in [3.05, 3.63) is 29.3 Å². The predicted octanol–water partition coefficient (Wildman–Crippen LogP) is 2.02. The van der Waals surface area contributed by atoms with Crippen molar-refractivity contribution in [2.45, 2.75) is 13.5 Å². The van der Waals surface area contributed by atoms with Crippen molar-refractivity contribution in [3.63, 3.8) is 0 Å². The van der Waals surface area contributed by atoms with Gasteiger partial charge in [-0.2, -0.15) is 0 Å². The zero-order valence-electron chi connectivity index (χ0n) is 9.78. The second kappa shape index (κ2) is 6.12. The first kappa shape index (κ1) is 12.5. The lowest BCUT2D eigenvalue weighted by Crippen LogP contribution is -2.05. The summed E-state index contributed by atoms with van der Waals surface area (Å²) in [5.74, 6) is 0.0993. The summed E-state index contributed by atoms with van der Waals surface area (Å²) < 4.78 is 15.0. The minimum atomic E-state index is -0.407.